The number of thioether (sulfide) groups is 1. The average molecular weight is 466 g/mol. The summed E-state index contributed by atoms with van der Waals surface area (Å²) >= 11 is 1.19. The lowest BCUT2D eigenvalue weighted by Gasteiger charge is -2.37. The molecule has 1 aliphatic carbocycles. The number of amides is 4. The molecule has 0 spiro atoms. The van der Waals surface area contributed by atoms with Crippen molar-refractivity contribution in [3.8, 4) is 0 Å². The van der Waals surface area contributed by atoms with Crippen LogP contribution in [-0.2, 0) is 14.4 Å². The fourth-order valence-corrected chi connectivity index (χ4v) is 4.60. The van der Waals surface area contributed by atoms with Crippen LogP contribution < -0.4 is 26.6 Å². The van der Waals surface area contributed by atoms with Gasteiger partial charge in [0.1, 0.15) is 23.5 Å². The molecule has 1 aliphatic heterocycles. The summed E-state index contributed by atoms with van der Waals surface area (Å²) < 4.78 is 13.1. The number of carbonyl (C=O) groups excluding carboxylic acids is 4. The Morgan fingerprint density at radius 2 is 1.75 bits per heavy atom. The minimum Gasteiger partial charge on any atom is -0.353 e. The van der Waals surface area contributed by atoms with E-state index >= 15 is 0 Å². The molecule has 3 rings (SSSR count). The molecule has 174 valence electrons. The Bertz CT molecular complexity index is 847. The van der Waals surface area contributed by atoms with E-state index in [-0.39, 0.29) is 23.3 Å². The highest BCUT2D eigenvalue weighted by Gasteiger charge is 2.38. The number of nitrogens with one attached hydrogen (secondary N) is 5. The topological polar surface area (TPSA) is 128 Å². The summed E-state index contributed by atoms with van der Waals surface area (Å²) in [5.41, 5.74) is -0.452. The maximum atomic E-state index is 13.1. The van der Waals surface area contributed by atoms with Gasteiger partial charge < -0.3 is 21.3 Å². The van der Waals surface area contributed by atoms with Gasteiger partial charge in [-0.25, -0.2) is 4.39 Å². The van der Waals surface area contributed by atoms with Crippen molar-refractivity contribution < 1.29 is 23.6 Å². The van der Waals surface area contributed by atoms with E-state index in [4.69, 9.17) is 0 Å². The van der Waals surface area contributed by atoms with Crippen molar-refractivity contribution in [3.63, 3.8) is 0 Å². The molecule has 4 amide bonds. The zero-order valence-corrected chi connectivity index (χ0v) is 18.6. The van der Waals surface area contributed by atoms with Crippen LogP contribution in [0.4, 0.5) is 4.39 Å². The summed E-state index contributed by atoms with van der Waals surface area (Å²) in [6.45, 7) is 1.30. The molecule has 0 aromatic heterocycles. The Balaban J connectivity index is 1.56. The summed E-state index contributed by atoms with van der Waals surface area (Å²) in [5, 5.41) is 13.9. The fourth-order valence-electron chi connectivity index (χ4n) is 3.76. The normalized spacial score (nSPS) is 23.7. The van der Waals surface area contributed by atoms with E-state index in [1.165, 1.54) is 37.2 Å². The molecule has 9 nitrogen and oxygen atoms in total. The van der Waals surface area contributed by atoms with Crippen LogP contribution in [-0.4, -0.2) is 53.1 Å². The van der Waals surface area contributed by atoms with Gasteiger partial charge in [0.15, 0.2) is 0 Å². The zero-order valence-electron chi connectivity index (χ0n) is 17.8. The maximum Gasteiger partial charge on any atom is 0.252 e. The largest absolute Gasteiger partial charge is 0.353 e. The standard InChI is InChI=1S/C21H28FN5O4S/c1-12(28)23-18-17(25-19(30)13-7-9-14(22)10-8-13)20(31)27-21(26-18)32-11-16(29)24-15-5-3-2-4-6-15/h7-10,15,17-18,21,26H,2-6,11H2,1H3,(H,23,28)(H,24,29)(H,25,30)(H,27,31). The summed E-state index contributed by atoms with van der Waals surface area (Å²) in [7, 11) is 0. The number of rotatable bonds is 7. The highest BCUT2D eigenvalue weighted by atomic mass is 32.2. The van der Waals surface area contributed by atoms with Crippen LogP contribution in [0.1, 0.15) is 49.4 Å². The SMILES string of the molecule is CC(=O)NC1NC(SCC(=O)NC2CCCCC2)NC(=O)C1NC(=O)c1ccc(F)cc1. The van der Waals surface area contributed by atoms with E-state index in [0.29, 0.717) is 0 Å². The van der Waals surface area contributed by atoms with Crippen molar-refractivity contribution in [2.45, 2.75) is 62.8 Å². The monoisotopic (exact) mass is 465 g/mol. The highest BCUT2D eigenvalue weighted by Crippen LogP contribution is 2.18. The summed E-state index contributed by atoms with van der Waals surface area (Å²) in [6, 6.07) is 3.99. The molecule has 0 bridgehead atoms. The Kier molecular flexibility index (Phi) is 8.46. The minimum absolute atomic E-state index is 0.110. The van der Waals surface area contributed by atoms with Crippen molar-refractivity contribution in [1.82, 2.24) is 26.6 Å². The number of hydrogen-bond donors (Lipinski definition) is 5. The molecule has 3 atom stereocenters. The van der Waals surface area contributed by atoms with Crippen molar-refractivity contribution in [2.75, 3.05) is 5.75 Å². The smallest absolute Gasteiger partial charge is 0.252 e. The number of hydrogen-bond acceptors (Lipinski definition) is 6. The molecule has 32 heavy (non-hydrogen) atoms. The van der Waals surface area contributed by atoms with Crippen LogP contribution in [0.5, 0.6) is 0 Å². The van der Waals surface area contributed by atoms with Crippen LogP contribution in [0.15, 0.2) is 24.3 Å². The van der Waals surface area contributed by atoms with Gasteiger partial charge in [0.2, 0.25) is 17.7 Å². The molecule has 11 heteroatoms. The van der Waals surface area contributed by atoms with Crippen LogP contribution in [0, 0.1) is 5.82 Å². The van der Waals surface area contributed by atoms with Crippen LogP contribution in [0.2, 0.25) is 0 Å². The Morgan fingerprint density at radius 3 is 2.41 bits per heavy atom. The van der Waals surface area contributed by atoms with Crippen molar-refractivity contribution in [3.05, 3.63) is 35.6 Å². The molecule has 1 heterocycles. The minimum atomic E-state index is -1.09. The second-order valence-corrected chi connectivity index (χ2v) is 9.00. The predicted octanol–water partition coefficient (Wildman–Crippen LogP) is 0.571. The first-order valence-electron chi connectivity index (χ1n) is 10.6. The third-order valence-corrected chi connectivity index (χ3v) is 6.34. The zero-order chi connectivity index (χ0) is 23.1. The van der Waals surface area contributed by atoms with Gasteiger partial charge in [-0.2, -0.15) is 0 Å². The molecule has 1 saturated carbocycles. The molecule has 2 fully saturated rings. The van der Waals surface area contributed by atoms with E-state index in [1.54, 1.807) is 0 Å². The molecule has 1 saturated heterocycles. The second kappa shape index (κ2) is 11.3. The van der Waals surface area contributed by atoms with Gasteiger partial charge in [-0.05, 0) is 37.1 Å². The van der Waals surface area contributed by atoms with Gasteiger partial charge in [-0.3, -0.25) is 24.5 Å². The summed E-state index contributed by atoms with van der Waals surface area (Å²) in [6.07, 6.45) is 4.50. The molecule has 1 aromatic rings. The highest BCUT2D eigenvalue weighted by molar-refractivity contribution is 8.00. The van der Waals surface area contributed by atoms with Gasteiger partial charge in [0.05, 0.1) is 5.75 Å². The second-order valence-electron chi connectivity index (χ2n) is 7.90. The maximum absolute atomic E-state index is 13.1. The first-order chi connectivity index (χ1) is 15.3. The third-order valence-electron chi connectivity index (χ3n) is 5.32. The fraction of sp³-hybridized carbons (Fsp3) is 0.524. The molecular weight excluding hydrogens is 437 g/mol. The molecule has 2 aliphatic rings. The van der Waals surface area contributed by atoms with Gasteiger partial charge >= 0.3 is 0 Å². The van der Waals surface area contributed by atoms with Crippen LogP contribution >= 0.6 is 11.8 Å². The average Bonchev–Trinajstić information content (AvgIpc) is 2.75. The van der Waals surface area contributed by atoms with Gasteiger partial charge in [-0.1, -0.05) is 19.3 Å². The lowest BCUT2D eigenvalue weighted by molar-refractivity contribution is -0.127. The molecule has 0 radical (unpaired) electrons. The first-order valence-corrected chi connectivity index (χ1v) is 11.7. The number of benzene rings is 1. The van der Waals surface area contributed by atoms with Crippen LogP contribution in [0.25, 0.3) is 0 Å². The van der Waals surface area contributed by atoms with E-state index in [2.05, 4.69) is 26.6 Å². The van der Waals surface area contributed by atoms with E-state index in [0.717, 1.165) is 37.8 Å². The summed E-state index contributed by atoms with van der Waals surface area (Å²) in [4.78, 5) is 49.1. The Morgan fingerprint density at radius 1 is 1.06 bits per heavy atom. The van der Waals surface area contributed by atoms with E-state index in [9.17, 15) is 23.6 Å². The lowest BCUT2D eigenvalue weighted by Crippen LogP contribution is -2.72. The lowest BCUT2D eigenvalue weighted by atomic mass is 9.95. The third kappa shape index (κ3) is 6.92. The van der Waals surface area contributed by atoms with Gasteiger partial charge in [-0.15, -0.1) is 11.8 Å². The first kappa shape index (κ1) is 24.0. The van der Waals surface area contributed by atoms with Crippen LogP contribution in [0.3, 0.4) is 0 Å². The van der Waals surface area contributed by atoms with Crippen molar-refractivity contribution >= 4 is 35.4 Å². The Labute approximate surface area is 190 Å². The Hall–Kier alpha value is -2.66. The van der Waals surface area contributed by atoms with E-state index in [1.807, 2.05) is 0 Å². The predicted molar refractivity (Wildman–Crippen MR) is 118 cm³/mol. The number of carbonyl (C=O) groups is 4. The van der Waals surface area contributed by atoms with Gasteiger partial charge in [0, 0.05) is 18.5 Å². The molecule has 5 N–H and O–H groups in total. The quantitative estimate of drug-likeness (QED) is 0.401. The number of halogens is 1. The summed E-state index contributed by atoms with van der Waals surface area (Å²) in [5.74, 6) is -1.95. The van der Waals surface area contributed by atoms with Gasteiger partial charge in [0.25, 0.3) is 5.91 Å². The molecule has 1 aromatic carbocycles. The molecular formula is C21H28FN5O4S. The van der Waals surface area contributed by atoms with Crippen molar-refractivity contribution in [2.24, 2.45) is 0 Å². The molecule has 3 unspecified atom stereocenters. The van der Waals surface area contributed by atoms with E-state index < -0.39 is 41.2 Å². The van der Waals surface area contributed by atoms with Crippen molar-refractivity contribution in [1.29, 1.82) is 0 Å².